The van der Waals surface area contributed by atoms with Crippen molar-refractivity contribution in [3.05, 3.63) is 35.9 Å². The molecule has 1 aromatic carbocycles. The average Bonchev–Trinajstić information content (AvgIpc) is 3.13. The lowest BCUT2D eigenvalue weighted by molar-refractivity contribution is -0.162. The SMILES string of the molecule is COC(=O)C1(C(=O)OC)C[C@H]1Cc1ccccc1. The summed E-state index contributed by atoms with van der Waals surface area (Å²) in [4.78, 5) is 23.5. The van der Waals surface area contributed by atoms with Crippen molar-refractivity contribution in [2.75, 3.05) is 14.2 Å². The second kappa shape index (κ2) is 4.80. The molecule has 0 bridgehead atoms. The Kier molecular flexibility index (Phi) is 3.36. The van der Waals surface area contributed by atoms with Crippen LogP contribution in [-0.4, -0.2) is 26.2 Å². The lowest BCUT2D eigenvalue weighted by Crippen LogP contribution is -2.30. The first-order valence-electron chi connectivity index (χ1n) is 5.86. The smallest absolute Gasteiger partial charge is 0.323 e. The molecular formula is C14H16O4. The number of hydrogen-bond donors (Lipinski definition) is 0. The number of hydrogen-bond acceptors (Lipinski definition) is 4. The molecule has 1 fully saturated rings. The highest BCUT2D eigenvalue weighted by molar-refractivity contribution is 6.03. The molecule has 96 valence electrons. The predicted octanol–water partition coefficient (Wildman–Crippen LogP) is 1.58. The van der Waals surface area contributed by atoms with E-state index in [1.54, 1.807) is 0 Å². The van der Waals surface area contributed by atoms with Crippen molar-refractivity contribution >= 4 is 11.9 Å². The highest BCUT2D eigenvalue weighted by Gasteiger charge is 2.67. The third-order valence-corrected chi connectivity index (χ3v) is 3.53. The van der Waals surface area contributed by atoms with Gasteiger partial charge in [0.05, 0.1) is 14.2 Å². The van der Waals surface area contributed by atoms with Crippen LogP contribution in [0.3, 0.4) is 0 Å². The van der Waals surface area contributed by atoms with E-state index < -0.39 is 17.4 Å². The summed E-state index contributed by atoms with van der Waals surface area (Å²) in [6, 6.07) is 9.78. The van der Waals surface area contributed by atoms with Crippen molar-refractivity contribution in [2.45, 2.75) is 12.8 Å². The maximum atomic E-state index is 11.8. The molecule has 0 saturated heterocycles. The Morgan fingerprint density at radius 2 is 1.72 bits per heavy atom. The van der Waals surface area contributed by atoms with E-state index >= 15 is 0 Å². The highest BCUT2D eigenvalue weighted by atomic mass is 16.5. The van der Waals surface area contributed by atoms with Crippen LogP contribution in [0.25, 0.3) is 0 Å². The molecule has 0 radical (unpaired) electrons. The second-order valence-corrected chi connectivity index (χ2v) is 4.55. The van der Waals surface area contributed by atoms with Gasteiger partial charge in [-0.05, 0) is 24.3 Å². The van der Waals surface area contributed by atoms with Gasteiger partial charge in [-0.2, -0.15) is 0 Å². The number of benzene rings is 1. The van der Waals surface area contributed by atoms with Crippen molar-refractivity contribution < 1.29 is 19.1 Å². The van der Waals surface area contributed by atoms with Gasteiger partial charge in [-0.1, -0.05) is 30.3 Å². The first kappa shape index (κ1) is 12.6. The van der Waals surface area contributed by atoms with Gasteiger partial charge in [0.2, 0.25) is 0 Å². The van der Waals surface area contributed by atoms with Crippen LogP contribution in [0.15, 0.2) is 30.3 Å². The van der Waals surface area contributed by atoms with Gasteiger partial charge in [-0.15, -0.1) is 0 Å². The van der Waals surface area contributed by atoms with Crippen LogP contribution in [-0.2, 0) is 25.5 Å². The standard InChI is InChI=1S/C14H16O4/c1-17-12(15)14(13(16)18-2)9-11(14)8-10-6-4-3-5-7-10/h3-7,11H,8-9H2,1-2H3/t11-/m1/s1. The minimum atomic E-state index is -1.08. The zero-order valence-corrected chi connectivity index (χ0v) is 10.5. The third kappa shape index (κ3) is 1.98. The van der Waals surface area contributed by atoms with Crippen molar-refractivity contribution in [3.8, 4) is 0 Å². The van der Waals surface area contributed by atoms with Gasteiger partial charge in [0, 0.05) is 0 Å². The minimum absolute atomic E-state index is 0.0280. The van der Waals surface area contributed by atoms with Crippen LogP contribution in [0.5, 0.6) is 0 Å². The molecule has 0 N–H and O–H groups in total. The fraction of sp³-hybridized carbons (Fsp3) is 0.429. The van der Waals surface area contributed by atoms with E-state index in [4.69, 9.17) is 9.47 Å². The van der Waals surface area contributed by atoms with Crippen LogP contribution < -0.4 is 0 Å². The molecule has 1 aromatic rings. The van der Waals surface area contributed by atoms with Crippen molar-refractivity contribution in [3.63, 3.8) is 0 Å². The zero-order valence-electron chi connectivity index (χ0n) is 10.5. The Bertz CT molecular complexity index is 436. The normalized spacial score (nSPS) is 20.0. The fourth-order valence-corrected chi connectivity index (χ4v) is 2.42. The van der Waals surface area contributed by atoms with E-state index in [-0.39, 0.29) is 5.92 Å². The van der Waals surface area contributed by atoms with Crippen LogP contribution >= 0.6 is 0 Å². The van der Waals surface area contributed by atoms with Gasteiger partial charge in [0.15, 0.2) is 5.41 Å². The van der Waals surface area contributed by atoms with Crippen LogP contribution in [0.1, 0.15) is 12.0 Å². The number of rotatable bonds is 4. The van der Waals surface area contributed by atoms with Crippen molar-refractivity contribution in [1.82, 2.24) is 0 Å². The largest absolute Gasteiger partial charge is 0.468 e. The summed E-state index contributed by atoms with van der Waals surface area (Å²) in [6.07, 6.45) is 1.19. The molecule has 1 atom stereocenters. The quantitative estimate of drug-likeness (QED) is 0.599. The van der Waals surface area contributed by atoms with E-state index in [2.05, 4.69) is 0 Å². The monoisotopic (exact) mass is 248 g/mol. The number of methoxy groups -OCH3 is 2. The van der Waals surface area contributed by atoms with Gasteiger partial charge >= 0.3 is 11.9 Å². The van der Waals surface area contributed by atoms with E-state index in [1.165, 1.54) is 14.2 Å². The third-order valence-electron chi connectivity index (χ3n) is 3.53. The van der Waals surface area contributed by atoms with Crippen LogP contribution in [0, 0.1) is 11.3 Å². The number of carbonyl (C=O) groups is 2. The van der Waals surface area contributed by atoms with E-state index in [1.807, 2.05) is 30.3 Å². The molecular weight excluding hydrogens is 232 g/mol. The minimum Gasteiger partial charge on any atom is -0.468 e. The summed E-state index contributed by atoms with van der Waals surface area (Å²) < 4.78 is 9.46. The summed E-state index contributed by atoms with van der Waals surface area (Å²) >= 11 is 0. The lowest BCUT2D eigenvalue weighted by atomic mass is 9.99. The van der Waals surface area contributed by atoms with Gasteiger partial charge in [-0.25, -0.2) is 0 Å². The molecule has 4 heteroatoms. The molecule has 0 spiro atoms. The van der Waals surface area contributed by atoms with Gasteiger partial charge in [0.1, 0.15) is 0 Å². The summed E-state index contributed by atoms with van der Waals surface area (Å²) in [5.74, 6) is -1.01. The van der Waals surface area contributed by atoms with Crippen molar-refractivity contribution in [2.24, 2.45) is 11.3 Å². The second-order valence-electron chi connectivity index (χ2n) is 4.55. The summed E-state index contributed by atoms with van der Waals surface area (Å²) in [7, 11) is 2.59. The maximum Gasteiger partial charge on any atom is 0.323 e. The Morgan fingerprint density at radius 1 is 1.17 bits per heavy atom. The molecule has 0 aromatic heterocycles. The topological polar surface area (TPSA) is 52.6 Å². The molecule has 0 amide bonds. The number of esters is 2. The summed E-state index contributed by atoms with van der Waals surface area (Å²) in [5.41, 5.74) is 0.0245. The van der Waals surface area contributed by atoms with Gasteiger partial charge in [0.25, 0.3) is 0 Å². The fourth-order valence-electron chi connectivity index (χ4n) is 2.42. The number of carbonyl (C=O) groups excluding carboxylic acids is 2. The average molecular weight is 248 g/mol. The summed E-state index contributed by atoms with van der Waals surface area (Å²) in [6.45, 7) is 0. The molecule has 2 rings (SSSR count). The Hall–Kier alpha value is -1.84. The molecule has 0 heterocycles. The first-order chi connectivity index (χ1) is 8.65. The molecule has 0 aliphatic heterocycles. The number of ether oxygens (including phenoxy) is 2. The molecule has 18 heavy (non-hydrogen) atoms. The van der Waals surface area contributed by atoms with E-state index in [0.29, 0.717) is 12.8 Å². The van der Waals surface area contributed by atoms with E-state index in [0.717, 1.165) is 5.56 Å². The molecule has 0 unspecified atom stereocenters. The van der Waals surface area contributed by atoms with Crippen molar-refractivity contribution in [1.29, 1.82) is 0 Å². The Labute approximate surface area is 106 Å². The van der Waals surface area contributed by atoms with Crippen LogP contribution in [0.2, 0.25) is 0 Å². The Balaban J connectivity index is 2.13. The van der Waals surface area contributed by atoms with Crippen LogP contribution in [0.4, 0.5) is 0 Å². The predicted molar refractivity (Wildman–Crippen MR) is 64.7 cm³/mol. The molecule has 1 aliphatic rings. The summed E-state index contributed by atoms with van der Waals surface area (Å²) in [5, 5.41) is 0. The zero-order chi connectivity index (χ0) is 13.2. The molecule has 1 saturated carbocycles. The lowest BCUT2D eigenvalue weighted by Gasteiger charge is -2.12. The molecule has 1 aliphatic carbocycles. The van der Waals surface area contributed by atoms with E-state index in [9.17, 15) is 9.59 Å². The molecule has 4 nitrogen and oxygen atoms in total. The highest BCUT2D eigenvalue weighted by Crippen LogP contribution is 2.55. The van der Waals surface area contributed by atoms with Gasteiger partial charge in [-0.3, -0.25) is 9.59 Å². The maximum absolute atomic E-state index is 11.8. The Morgan fingerprint density at radius 3 is 2.22 bits per heavy atom. The van der Waals surface area contributed by atoms with Gasteiger partial charge < -0.3 is 9.47 Å². The first-order valence-corrected chi connectivity index (χ1v) is 5.86.